The lowest BCUT2D eigenvalue weighted by molar-refractivity contribution is -0.110. The molecule has 2 N–H and O–H groups in total. The lowest BCUT2D eigenvalue weighted by Crippen LogP contribution is -2.24. The maximum atomic E-state index is 13.1. The Morgan fingerprint density at radius 1 is 1.17 bits per heavy atom. The molecule has 146 valence electrons. The summed E-state index contributed by atoms with van der Waals surface area (Å²) in [7, 11) is 0. The molecule has 2 amide bonds. The van der Waals surface area contributed by atoms with Gasteiger partial charge in [-0.15, -0.1) is 11.3 Å². The molecule has 7 heteroatoms. The first-order valence-corrected chi connectivity index (χ1v) is 10.5. The van der Waals surface area contributed by atoms with Gasteiger partial charge in [-0.05, 0) is 49.4 Å². The molecule has 1 aromatic carbocycles. The first-order chi connectivity index (χ1) is 14.2. The highest BCUT2D eigenvalue weighted by atomic mass is 32.1. The van der Waals surface area contributed by atoms with E-state index in [2.05, 4.69) is 10.6 Å². The van der Waals surface area contributed by atoms with Crippen molar-refractivity contribution >= 4 is 39.6 Å². The van der Waals surface area contributed by atoms with Crippen molar-refractivity contribution in [3.63, 3.8) is 0 Å². The summed E-state index contributed by atoms with van der Waals surface area (Å²) in [6.45, 7) is 0.315. The van der Waals surface area contributed by atoms with E-state index < -0.39 is 0 Å². The lowest BCUT2D eigenvalue weighted by Gasteiger charge is -2.12. The van der Waals surface area contributed by atoms with Gasteiger partial charge in [0.15, 0.2) is 0 Å². The minimum atomic E-state index is -0.237. The van der Waals surface area contributed by atoms with Gasteiger partial charge in [-0.1, -0.05) is 18.2 Å². The molecule has 29 heavy (non-hydrogen) atoms. The summed E-state index contributed by atoms with van der Waals surface area (Å²) in [4.78, 5) is 31.5. The number of nitrogens with zero attached hydrogens (tertiary/aromatic N) is 1. The minimum Gasteiger partial charge on any atom is -0.467 e. The molecule has 0 bridgehead atoms. The number of hydrogen-bond acceptors (Lipinski definition) is 5. The second kappa shape index (κ2) is 7.33. The normalized spacial score (nSPS) is 16.4. The van der Waals surface area contributed by atoms with Gasteiger partial charge >= 0.3 is 0 Å². The highest BCUT2D eigenvalue weighted by Gasteiger charge is 2.29. The highest BCUT2D eigenvalue weighted by Crippen LogP contribution is 2.41. The van der Waals surface area contributed by atoms with E-state index in [1.54, 1.807) is 12.3 Å². The molecule has 1 aliphatic carbocycles. The van der Waals surface area contributed by atoms with Gasteiger partial charge in [0.1, 0.15) is 16.5 Å². The van der Waals surface area contributed by atoms with Crippen molar-refractivity contribution < 1.29 is 14.0 Å². The number of fused-ring (bicyclic) bond motifs is 2. The van der Waals surface area contributed by atoms with Crippen LogP contribution in [0.4, 0.5) is 10.7 Å². The van der Waals surface area contributed by atoms with Crippen LogP contribution in [0.1, 0.15) is 45.0 Å². The number of hydrogen-bond donors (Lipinski definition) is 2. The van der Waals surface area contributed by atoms with E-state index in [0.717, 1.165) is 42.5 Å². The maximum Gasteiger partial charge on any atom is 0.275 e. The lowest BCUT2D eigenvalue weighted by atomic mass is 9.95. The molecule has 0 atom stereocenters. The number of benzene rings is 1. The number of anilines is 1. The summed E-state index contributed by atoms with van der Waals surface area (Å²) in [5, 5.41) is 6.39. The van der Waals surface area contributed by atoms with Crippen LogP contribution in [0.15, 0.2) is 52.1 Å². The molecule has 0 spiro atoms. The number of thiophene rings is 1. The predicted octanol–water partition coefficient (Wildman–Crippen LogP) is 4.22. The maximum absolute atomic E-state index is 13.1. The van der Waals surface area contributed by atoms with Gasteiger partial charge in [0.2, 0.25) is 0 Å². The topological polar surface area (TPSA) is 83.7 Å². The van der Waals surface area contributed by atoms with Crippen molar-refractivity contribution in [2.75, 3.05) is 5.32 Å². The van der Waals surface area contributed by atoms with Gasteiger partial charge in [-0.25, -0.2) is 4.99 Å². The summed E-state index contributed by atoms with van der Waals surface area (Å²) in [6, 6.07) is 11.1. The molecule has 3 heterocycles. The van der Waals surface area contributed by atoms with Gasteiger partial charge in [-0.2, -0.15) is 0 Å². The third-order valence-electron chi connectivity index (χ3n) is 5.24. The van der Waals surface area contributed by atoms with Crippen molar-refractivity contribution in [1.29, 1.82) is 0 Å². The monoisotopic (exact) mass is 405 g/mol. The zero-order chi connectivity index (χ0) is 19.8. The van der Waals surface area contributed by atoms with E-state index >= 15 is 0 Å². The van der Waals surface area contributed by atoms with Crippen molar-refractivity contribution in [2.24, 2.45) is 4.99 Å². The zero-order valence-electron chi connectivity index (χ0n) is 15.7. The Morgan fingerprint density at radius 2 is 2.03 bits per heavy atom. The van der Waals surface area contributed by atoms with E-state index in [1.807, 2.05) is 30.3 Å². The quantitative estimate of drug-likeness (QED) is 0.682. The third-order valence-corrected chi connectivity index (χ3v) is 6.43. The van der Waals surface area contributed by atoms with E-state index in [1.165, 1.54) is 16.2 Å². The number of amides is 2. The number of carbonyl (C=O) groups excluding carboxylic acids is 2. The van der Waals surface area contributed by atoms with Crippen molar-refractivity contribution in [3.05, 3.63) is 70.0 Å². The summed E-state index contributed by atoms with van der Waals surface area (Å²) >= 11 is 1.53. The standard InChI is InChI=1S/C22H19N3O3S/c26-20(23-12-13-6-5-11-28-13)18-15-8-2-4-10-17(15)29-22(18)25-19-14-7-1-3-9-16(14)24-21(19)27/h1,3,5-7,9,11H,2,4,8,10,12H2,(H,23,26)(H,24,25,27). The smallest absolute Gasteiger partial charge is 0.275 e. The fourth-order valence-electron chi connectivity index (χ4n) is 3.85. The minimum absolute atomic E-state index is 0.174. The molecular weight excluding hydrogens is 386 g/mol. The van der Waals surface area contributed by atoms with Crippen molar-refractivity contribution in [2.45, 2.75) is 32.2 Å². The molecule has 2 aliphatic rings. The number of furan rings is 1. The molecule has 0 saturated heterocycles. The average Bonchev–Trinajstić information content (AvgIpc) is 3.44. The molecule has 3 aromatic rings. The molecule has 6 nitrogen and oxygen atoms in total. The van der Waals surface area contributed by atoms with Crippen LogP contribution in [0.3, 0.4) is 0 Å². The molecule has 0 saturated carbocycles. The largest absolute Gasteiger partial charge is 0.467 e. The van der Waals surface area contributed by atoms with Gasteiger partial charge in [-0.3, -0.25) is 9.59 Å². The molecule has 0 radical (unpaired) electrons. The molecular formula is C22H19N3O3S. The molecule has 0 unspecified atom stereocenters. The summed E-state index contributed by atoms with van der Waals surface area (Å²) in [5.41, 5.74) is 3.55. The van der Waals surface area contributed by atoms with Crippen LogP contribution in [0.25, 0.3) is 0 Å². The van der Waals surface area contributed by atoms with Gasteiger partial charge in [0, 0.05) is 10.4 Å². The zero-order valence-corrected chi connectivity index (χ0v) is 16.5. The summed E-state index contributed by atoms with van der Waals surface area (Å²) in [5.74, 6) is 0.283. The first-order valence-electron chi connectivity index (χ1n) is 9.65. The predicted molar refractivity (Wildman–Crippen MR) is 112 cm³/mol. The summed E-state index contributed by atoms with van der Waals surface area (Å²) < 4.78 is 5.31. The first kappa shape index (κ1) is 17.9. The SMILES string of the molecule is O=C1Nc2ccccc2C1=Nc1sc2c(c1C(=O)NCc1ccco1)CCCC2. The van der Waals surface area contributed by atoms with Crippen LogP contribution in [-0.2, 0) is 24.2 Å². The molecule has 1 aliphatic heterocycles. The molecule has 0 fully saturated rings. The van der Waals surface area contributed by atoms with Crippen LogP contribution in [0, 0.1) is 0 Å². The Morgan fingerprint density at radius 3 is 2.90 bits per heavy atom. The van der Waals surface area contributed by atoms with E-state index in [4.69, 9.17) is 9.41 Å². The number of para-hydroxylation sites is 1. The Bertz CT molecular complexity index is 1130. The van der Waals surface area contributed by atoms with Gasteiger partial charge in [0.25, 0.3) is 11.8 Å². The van der Waals surface area contributed by atoms with Crippen LogP contribution >= 0.6 is 11.3 Å². The Hall–Kier alpha value is -3.19. The number of aliphatic imine (C=N–C) groups is 1. The number of carbonyl (C=O) groups is 2. The number of rotatable bonds is 4. The van der Waals surface area contributed by atoms with Crippen molar-refractivity contribution in [1.82, 2.24) is 5.32 Å². The second-order valence-corrected chi connectivity index (χ2v) is 8.20. The van der Waals surface area contributed by atoms with E-state index in [0.29, 0.717) is 28.6 Å². The fraction of sp³-hybridized carbons (Fsp3) is 0.227. The number of aryl methyl sites for hydroxylation is 1. The van der Waals surface area contributed by atoms with Gasteiger partial charge in [0.05, 0.1) is 24.1 Å². The Labute approximate surface area is 171 Å². The van der Waals surface area contributed by atoms with Crippen LogP contribution in [0.5, 0.6) is 0 Å². The average molecular weight is 405 g/mol. The van der Waals surface area contributed by atoms with E-state index in [9.17, 15) is 9.59 Å². The van der Waals surface area contributed by atoms with Gasteiger partial charge < -0.3 is 15.1 Å². The Kier molecular flexibility index (Phi) is 4.52. The second-order valence-electron chi connectivity index (χ2n) is 7.11. The third kappa shape index (κ3) is 3.27. The Balaban J connectivity index is 1.54. The van der Waals surface area contributed by atoms with Crippen LogP contribution < -0.4 is 10.6 Å². The summed E-state index contributed by atoms with van der Waals surface area (Å²) in [6.07, 6.45) is 5.57. The fourth-order valence-corrected chi connectivity index (χ4v) is 5.11. The van der Waals surface area contributed by atoms with Crippen LogP contribution in [-0.4, -0.2) is 17.5 Å². The van der Waals surface area contributed by atoms with E-state index in [-0.39, 0.29) is 11.8 Å². The highest BCUT2D eigenvalue weighted by molar-refractivity contribution is 7.16. The van der Waals surface area contributed by atoms with Crippen LogP contribution in [0.2, 0.25) is 0 Å². The van der Waals surface area contributed by atoms with Crippen molar-refractivity contribution in [3.8, 4) is 0 Å². The number of nitrogens with one attached hydrogen (secondary N) is 2. The molecule has 2 aromatic heterocycles. The molecule has 5 rings (SSSR count).